The minimum absolute atomic E-state index is 0.191. The molecule has 0 fully saturated rings. The fourth-order valence-corrected chi connectivity index (χ4v) is 1.79. The van der Waals surface area contributed by atoms with E-state index in [1.54, 1.807) is 6.07 Å². The van der Waals surface area contributed by atoms with Crippen LogP contribution in [-0.2, 0) is 16.0 Å². The molecule has 0 heterocycles. The van der Waals surface area contributed by atoms with Crippen molar-refractivity contribution in [2.45, 2.75) is 45.4 Å². The van der Waals surface area contributed by atoms with Crippen molar-refractivity contribution in [3.8, 4) is 0 Å². The first-order valence-corrected chi connectivity index (χ1v) is 6.73. The van der Waals surface area contributed by atoms with Gasteiger partial charge in [-0.3, -0.25) is 4.79 Å². The number of para-hydroxylation sites is 1. The molecule has 0 bridgehead atoms. The number of carbonyl (C=O) groups excluding carboxylic acids is 1. The molecular weight excluding hydrogens is 226 g/mol. The number of nitrogens with two attached hydrogens (primary N) is 1. The van der Waals surface area contributed by atoms with Crippen molar-refractivity contribution in [3.05, 3.63) is 29.8 Å². The van der Waals surface area contributed by atoms with Crippen LogP contribution in [-0.4, -0.2) is 12.6 Å². The van der Waals surface area contributed by atoms with Crippen LogP contribution < -0.4 is 5.73 Å². The lowest BCUT2D eigenvalue weighted by molar-refractivity contribution is -0.142. The van der Waals surface area contributed by atoms with Gasteiger partial charge in [-0.15, -0.1) is 0 Å². The van der Waals surface area contributed by atoms with E-state index in [9.17, 15) is 4.79 Å². The normalized spacial score (nSPS) is 10.3. The number of hydrogen-bond acceptors (Lipinski definition) is 3. The second-order valence-electron chi connectivity index (χ2n) is 4.51. The van der Waals surface area contributed by atoms with Crippen molar-refractivity contribution >= 4 is 11.7 Å². The average Bonchev–Trinajstić information content (AvgIpc) is 2.36. The molecule has 1 aromatic carbocycles. The molecule has 3 heteroatoms. The summed E-state index contributed by atoms with van der Waals surface area (Å²) in [7, 11) is 0. The molecule has 0 saturated carbocycles. The van der Waals surface area contributed by atoms with Crippen LogP contribution in [0.1, 0.15) is 44.6 Å². The van der Waals surface area contributed by atoms with E-state index in [1.165, 1.54) is 19.3 Å². The first-order chi connectivity index (χ1) is 8.74. The van der Waals surface area contributed by atoms with E-state index in [4.69, 9.17) is 10.5 Å². The van der Waals surface area contributed by atoms with Crippen LogP contribution in [0.2, 0.25) is 0 Å². The number of esters is 1. The first-order valence-electron chi connectivity index (χ1n) is 6.73. The van der Waals surface area contributed by atoms with E-state index in [1.807, 2.05) is 18.2 Å². The molecule has 0 radical (unpaired) electrons. The number of unbranched alkanes of at least 4 members (excludes halogenated alkanes) is 4. The summed E-state index contributed by atoms with van der Waals surface area (Å²) in [5.41, 5.74) is 7.26. The monoisotopic (exact) mass is 249 g/mol. The summed E-state index contributed by atoms with van der Waals surface area (Å²) >= 11 is 0. The van der Waals surface area contributed by atoms with Gasteiger partial charge in [0.15, 0.2) is 0 Å². The van der Waals surface area contributed by atoms with E-state index in [-0.39, 0.29) is 12.4 Å². The second kappa shape index (κ2) is 8.56. The Bertz CT molecular complexity index is 363. The number of ether oxygens (including phenoxy) is 1. The Kier molecular flexibility index (Phi) is 6.92. The molecule has 3 nitrogen and oxygen atoms in total. The topological polar surface area (TPSA) is 52.3 Å². The molecule has 0 amide bonds. The van der Waals surface area contributed by atoms with E-state index in [2.05, 4.69) is 6.92 Å². The third-order valence-electron chi connectivity index (χ3n) is 2.90. The van der Waals surface area contributed by atoms with Gasteiger partial charge in [0.25, 0.3) is 0 Å². The van der Waals surface area contributed by atoms with E-state index < -0.39 is 0 Å². The number of anilines is 1. The molecule has 0 aromatic heterocycles. The molecular formula is C15H23NO2. The zero-order valence-electron chi connectivity index (χ0n) is 11.2. The predicted octanol–water partition coefficient (Wildman–Crippen LogP) is 3.32. The van der Waals surface area contributed by atoms with Gasteiger partial charge in [-0.05, 0) is 18.1 Å². The van der Waals surface area contributed by atoms with Gasteiger partial charge in [0.05, 0.1) is 13.0 Å². The third-order valence-corrected chi connectivity index (χ3v) is 2.90. The molecule has 0 aliphatic carbocycles. The van der Waals surface area contributed by atoms with Crippen LogP contribution in [0.25, 0.3) is 0 Å². The molecule has 0 saturated heterocycles. The molecule has 1 aromatic rings. The maximum Gasteiger partial charge on any atom is 0.310 e. The molecule has 0 spiro atoms. The van der Waals surface area contributed by atoms with Gasteiger partial charge in [-0.2, -0.15) is 0 Å². The maximum absolute atomic E-state index is 11.6. The molecule has 100 valence electrons. The molecule has 0 atom stereocenters. The minimum Gasteiger partial charge on any atom is -0.465 e. The Morgan fingerprint density at radius 2 is 1.89 bits per heavy atom. The van der Waals surface area contributed by atoms with Crippen molar-refractivity contribution in [1.82, 2.24) is 0 Å². The largest absolute Gasteiger partial charge is 0.465 e. The second-order valence-corrected chi connectivity index (χ2v) is 4.51. The van der Waals surface area contributed by atoms with Gasteiger partial charge >= 0.3 is 5.97 Å². The lowest BCUT2D eigenvalue weighted by atomic mass is 10.1. The van der Waals surface area contributed by atoms with Crippen LogP contribution in [0, 0.1) is 0 Å². The van der Waals surface area contributed by atoms with Gasteiger partial charge in [0.2, 0.25) is 0 Å². The lowest BCUT2D eigenvalue weighted by Gasteiger charge is -2.06. The highest BCUT2D eigenvalue weighted by Crippen LogP contribution is 2.11. The molecule has 0 aliphatic heterocycles. The minimum atomic E-state index is -0.191. The summed E-state index contributed by atoms with van der Waals surface area (Å²) < 4.78 is 5.19. The van der Waals surface area contributed by atoms with Crippen molar-refractivity contribution in [2.75, 3.05) is 12.3 Å². The zero-order valence-corrected chi connectivity index (χ0v) is 11.2. The van der Waals surface area contributed by atoms with Gasteiger partial charge in [-0.25, -0.2) is 0 Å². The van der Waals surface area contributed by atoms with Gasteiger partial charge in [0, 0.05) is 5.69 Å². The Labute approximate surface area is 109 Å². The van der Waals surface area contributed by atoms with E-state index in [0.29, 0.717) is 12.3 Å². The molecule has 0 unspecified atom stereocenters. The molecule has 2 N–H and O–H groups in total. The number of benzene rings is 1. The summed E-state index contributed by atoms with van der Waals surface area (Å²) in [5, 5.41) is 0. The number of carbonyl (C=O) groups is 1. The zero-order chi connectivity index (χ0) is 13.2. The number of nitrogen functional groups attached to an aromatic ring is 1. The molecule has 1 rings (SSSR count). The number of rotatable bonds is 8. The lowest BCUT2D eigenvalue weighted by Crippen LogP contribution is -2.10. The Morgan fingerprint density at radius 1 is 1.17 bits per heavy atom. The molecule has 0 aliphatic rings. The van der Waals surface area contributed by atoms with Crippen LogP contribution in [0.3, 0.4) is 0 Å². The standard InChI is InChI=1S/C15H23NO2/c1-2-3-4-5-8-11-18-15(17)12-13-9-6-7-10-14(13)16/h6-7,9-10H,2-5,8,11-12,16H2,1H3. The van der Waals surface area contributed by atoms with Crippen LogP contribution in [0.5, 0.6) is 0 Å². The average molecular weight is 249 g/mol. The predicted molar refractivity (Wildman–Crippen MR) is 74.3 cm³/mol. The highest BCUT2D eigenvalue weighted by atomic mass is 16.5. The summed E-state index contributed by atoms with van der Waals surface area (Å²) in [6.07, 6.45) is 6.06. The SMILES string of the molecule is CCCCCCCOC(=O)Cc1ccccc1N. The highest BCUT2D eigenvalue weighted by Gasteiger charge is 2.06. The fourth-order valence-electron chi connectivity index (χ4n) is 1.79. The van der Waals surface area contributed by atoms with Crippen LogP contribution in [0.4, 0.5) is 5.69 Å². The van der Waals surface area contributed by atoms with Crippen molar-refractivity contribution < 1.29 is 9.53 Å². The van der Waals surface area contributed by atoms with Crippen molar-refractivity contribution in [2.24, 2.45) is 0 Å². The highest BCUT2D eigenvalue weighted by molar-refractivity contribution is 5.74. The number of hydrogen-bond donors (Lipinski definition) is 1. The van der Waals surface area contributed by atoms with E-state index in [0.717, 1.165) is 18.4 Å². The van der Waals surface area contributed by atoms with Crippen molar-refractivity contribution in [1.29, 1.82) is 0 Å². The fraction of sp³-hybridized carbons (Fsp3) is 0.533. The van der Waals surface area contributed by atoms with Crippen molar-refractivity contribution in [3.63, 3.8) is 0 Å². The van der Waals surface area contributed by atoms with Gasteiger partial charge < -0.3 is 10.5 Å². The Morgan fingerprint density at radius 3 is 2.61 bits per heavy atom. The first kappa shape index (κ1) is 14.6. The summed E-state index contributed by atoms with van der Waals surface area (Å²) in [6.45, 7) is 2.71. The summed E-state index contributed by atoms with van der Waals surface area (Å²) in [6, 6.07) is 7.40. The van der Waals surface area contributed by atoms with Gasteiger partial charge in [0.1, 0.15) is 0 Å². The smallest absolute Gasteiger partial charge is 0.310 e. The quantitative estimate of drug-likeness (QED) is 0.437. The molecule has 18 heavy (non-hydrogen) atoms. The van der Waals surface area contributed by atoms with Crippen LogP contribution in [0.15, 0.2) is 24.3 Å². The third kappa shape index (κ3) is 5.71. The van der Waals surface area contributed by atoms with Gasteiger partial charge in [-0.1, -0.05) is 50.8 Å². The summed E-state index contributed by atoms with van der Waals surface area (Å²) in [4.78, 5) is 11.6. The summed E-state index contributed by atoms with van der Waals surface area (Å²) in [5.74, 6) is -0.191. The van der Waals surface area contributed by atoms with E-state index >= 15 is 0 Å². The maximum atomic E-state index is 11.6. The Hall–Kier alpha value is -1.51. The van der Waals surface area contributed by atoms with Crippen LogP contribution >= 0.6 is 0 Å². The Balaban J connectivity index is 2.16.